The Morgan fingerprint density at radius 3 is 2.79 bits per heavy atom. The Kier molecular flexibility index (Phi) is 4.49. The van der Waals surface area contributed by atoms with E-state index in [4.69, 9.17) is 0 Å². The molecule has 144 valence electrons. The number of aromatic amines is 1. The summed E-state index contributed by atoms with van der Waals surface area (Å²) in [6, 6.07) is 12.6. The highest BCUT2D eigenvalue weighted by molar-refractivity contribution is 5.93. The van der Waals surface area contributed by atoms with Crippen molar-refractivity contribution in [3.05, 3.63) is 64.1 Å². The molecule has 0 unspecified atom stereocenters. The summed E-state index contributed by atoms with van der Waals surface area (Å²) in [6.07, 6.45) is 3.73. The van der Waals surface area contributed by atoms with Gasteiger partial charge in [-0.15, -0.1) is 0 Å². The van der Waals surface area contributed by atoms with E-state index >= 15 is 0 Å². The highest BCUT2D eigenvalue weighted by atomic mass is 16.1. The van der Waals surface area contributed by atoms with E-state index in [0.717, 1.165) is 80.1 Å². The number of nitrogens with zero attached hydrogens (tertiary/aromatic N) is 3. The zero-order valence-electron chi connectivity index (χ0n) is 15.9. The number of hydrogen-bond donors (Lipinski definition) is 2. The fourth-order valence-corrected chi connectivity index (χ4v) is 4.34. The van der Waals surface area contributed by atoms with Crippen molar-refractivity contribution < 1.29 is 0 Å². The molecule has 0 amide bonds. The summed E-state index contributed by atoms with van der Waals surface area (Å²) in [5.41, 5.74) is 4.15. The van der Waals surface area contributed by atoms with E-state index in [1.807, 2.05) is 18.3 Å². The molecule has 1 saturated heterocycles. The topological polar surface area (TPSA) is 64.3 Å². The first kappa shape index (κ1) is 17.3. The van der Waals surface area contributed by atoms with Crippen LogP contribution in [0.4, 0.5) is 11.5 Å². The molecule has 6 nitrogen and oxygen atoms in total. The van der Waals surface area contributed by atoms with Crippen LogP contribution in [0.2, 0.25) is 0 Å². The minimum absolute atomic E-state index is 0.0517. The predicted molar refractivity (Wildman–Crippen MR) is 113 cm³/mol. The van der Waals surface area contributed by atoms with Crippen molar-refractivity contribution in [2.75, 3.05) is 42.9 Å². The minimum atomic E-state index is 0.0517. The Balaban J connectivity index is 1.32. The molecule has 2 aliphatic heterocycles. The Morgan fingerprint density at radius 2 is 1.96 bits per heavy atom. The van der Waals surface area contributed by atoms with E-state index in [1.54, 1.807) is 0 Å². The van der Waals surface area contributed by atoms with Crippen LogP contribution in [0.15, 0.2) is 47.4 Å². The van der Waals surface area contributed by atoms with Crippen molar-refractivity contribution >= 4 is 22.4 Å². The average Bonchev–Trinajstić information content (AvgIpc) is 2.75. The summed E-state index contributed by atoms with van der Waals surface area (Å²) >= 11 is 0. The zero-order chi connectivity index (χ0) is 18.9. The normalized spacial score (nSPS) is 17.4. The van der Waals surface area contributed by atoms with Gasteiger partial charge in [0, 0.05) is 56.4 Å². The summed E-state index contributed by atoms with van der Waals surface area (Å²) in [5.74, 6) is 1.06. The third-order valence-electron chi connectivity index (χ3n) is 5.83. The lowest BCUT2D eigenvalue weighted by molar-refractivity contribution is 0.249. The number of nitrogens with one attached hydrogen (secondary N) is 2. The number of aromatic nitrogens is 2. The van der Waals surface area contributed by atoms with Crippen LogP contribution in [0.3, 0.4) is 0 Å². The molecule has 2 aliphatic rings. The van der Waals surface area contributed by atoms with E-state index in [0.29, 0.717) is 0 Å². The lowest BCUT2D eigenvalue weighted by Gasteiger charge is -2.35. The first-order valence-corrected chi connectivity index (χ1v) is 10.1. The molecule has 28 heavy (non-hydrogen) atoms. The molecule has 0 bridgehead atoms. The number of anilines is 2. The van der Waals surface area contributed by atoms with E-state index in [9.17, 15) is 4.79 Å². The van der Waals surface area contributed by atoms with Gasteiger partial charge in [-0.05, 0) is 36.6 Å². The number of rotatable bonds is 3. The van der Waals surface area contributed by atoms with E-state index in [1.165, 1.54) is 5.56 Å². The number of pyridine rings is 2. The number of fused-ring (bicyclic) bond motifs is 3. The maximum absolute atomic E-state index is 12.4. The fraction of sp³-hybridized carbons (Fsp3) is 0.364. The SMILES string of the molecule is O=c1[nH]c2cc(CN3CCN(c4ccccn4)CC3)ccc2c2c1CCCN2. The van der Waals surface area contributed by atoms with Gasteiger partial charge < -0.3 is 15.2 Å². The first-order chi connectivity index (χ1) is 13.8. The van der Waals surface area contributed by atoms with Crippen LogP contribution in [-0.2, 0) is 13.0 Å². The third-order valence-corrected chi connectivity index (χ3v) is 5.83. The van der Waals surface area contributed by atoms with Crippen LogP contribution in [0.1, 0.15) is 17.5 Å². The van der Waals surface area contributed by atoms with Gasteiger partial charge in [-0.3, -0.25) is 9.69 Å². The number of benzene rings is 1. The van der Waals surface area contributed by atoms with E-state index in [2.05, 4.69) is 49.4 Å². The van der Waals surface area contributed by atoms with Crippen molar-refractivity contribution in [3.63, 3.8) is 0 Å². The van der Waals surface area contributed by atoms with Gasteiger partial charge >= 0.3 is 0 Å². The Labute approximate surface area is 164 Å². The van der Waals surface area contributed by atoms with Gasteiger partial charge in [-0.2, -0.15) is 0 Å². The highest BCUT2D eigenvalue weighted by Gasteiger charge is 2.19. The maximum Gasteiger partial charge on any atom is 0.253 e. The summed E-state index contributed by atoms with van der Waals surface area (Å²) in [7, 11) is 0. The summed E-state index contributed by atoms with van der Waals surface area (Å²) in [5, 5.41) is 4.55. The van der Waals surface area contributed by atoms with E-state index < -0.39 is 0 Å². The Bertz CT molecular complexity index is 1040. The Morgan fingerprint density at radius 1 is 1.07 bits per heavy atom. The first-order valence-electron chi connectivity index (χ1n) is 10.1. The van der Waals surface area contributed by atoms with Crippen molar-refractivity contribution in [3.8, 4) is 0 Å². The number of H-pyrrole nitrogens is 1. The number of piperazine rings is 1. The summed E-state index contributed by atoms with van der Waals surface area (Å²) in [6.45, 7) is 5.83. The number of hydrogen-bond acceptors (Lipinski definition) is 5. The second-order valence-electron chi connectivity index (χ2n) is 7.67. The van der Waals surface area contributed by atoms with Gasteiger partial charge in [0.2, 0.25) is 0 Å². The van der Waals surface area contributed by atoms with Crippen molar-refractivity contribution in [2.45, 2.75) is 19.4 Å². The zero-order valence-corrected chi connectivity index (χ0v) is 15.9. The van der Waals surface area contributed by atoms with Crippen LogP contribution in [0, 0.1) is 0 Å². The molecular formula is C22H25N5O. The smallest absolute Gasteiger partial charge is 0.253 e. The highest BCUT2D eigenvalue weighted by Crippen LogP contribution is 2.28. The van der Waals surface area contributed by atoms with Crippen molar-refractivity contribution in [2.24, 2.45) is 0 Å². The molecule has 3 aromatic rings. The molecule has 6 heteroatoms. The van der Waals surface area contributed by atoms with Gasteiger partial charge in [-0.25, -0.2) is 4.98 Å². The molecule has 1 fully saturated rings. The molecular weight excluding hydrogens is 350 g/mol. The van der Waals surface area contributed by atoms with Crippen LogP contribution in [0.5, 0.6) is 0 Å². The van der Waals surface area contributed by atoms with Crippen LogP contribution < -0.4 is 15.8 Å². The quantitative estimate of drug-likeness (QED) is 0.737. The predicted octanol–water partition coefficient (Wildman–Crippen LogP) is 2.60. The summed E-state index contributed by atoms with van der Waals surface area (Å²) in [4.78, 5) is 24.8. The van der Waals surface area contributed by atoms with Crippen LogP contribution >= 0.6 is 0 Å². The fourth-order valence-electron chi connectivity index (χ4n) is 4.34. The van der Waals surface area contributed by atoms with Gasteiger partial charge in [0.05, 0.1) is 11.2 Å². The van der Waals surface area contributed by atoms with Crippen LogP contribution in [0.25, 0.3) is 10.9 Å². The molecule has 1 aromatic carbocycles. The molecule has 5 rings (SSSR count). The van der Waals surface area contributed by atoms with Gasteiger partial charge in [0.25, 0.3) is 5.56 Å². The largest absolute Gasteiger partial charge is 0.384 e. The summed E-state index contributed by atoms with van der Waals surface area (Å²) < 4.78 is 0. The average molecular weight is 375 g/mol. The second kappa shape index (κ2) is 7.28. The monoisotopic (exact) mass is 375 g/mol. The lowest BCUT2D eigenvalue weighted by Crippen LogP contribution is -2.46. The standard InChI is InChI=1S/C22H25N5O/c28-22-18-4-3-9-24-21(18)17-7-6-16(14-19(17)25-22)15-26-10-12-27(13-11-26)20-5-1-2-8-23-20/h1-2,5-8,14,24H,3-4,9-13,15H2,(H,25,28). The molecule has 0 saturated carbocycles. The second-order valence-corrected chi connectivity index (χ2v) is 7.67. The lowest BCUT2D eigenvalue weighted by atomic mass is 10.0. The maximum atomic E-state index is 12.4. The molecule has 2 aromatic heterocycles. The van der Waals surface area contributed by atoms with Crippen molar-refractivity contribution in [1.29, 1.82) is 0 Å². The molecule has 0 spiro atoms. The molecule has 4 heterocycles. The molecule has 2 N–H and O–H groups in total. The van der Waals surface area contributed by atoms with Gasteiger partial charge in [0.15, 0.2) is 0 Å². The van der Waals surface area contributed by atoms with Gasteiger partial charge in [0.1, 0.15) is 5.82 Å². The van der Waals surface area contributed by atoms with Gasteiger partial charge in [-0.1, -0.05) is 18.2 Å². The minimum Gasteiger partial charge on any atom is -0.384 e. The molecule has 0 atom stereocenters. The van der Waals surface area contributed by atoms with E-state index in [-0.39, 0.29) is 5.56 Å². The molecule has 0 radical (unpaired) electrons. The third kappa shape index (κ3) is 3.24. The van der Waals surface area contributed by atoms with Crippen LogP contribution in [-0.4, -0.2) is 47.6 Å². The van der Waals surface area contributed by atoms with Crippen molar-refractivity contribution in [1.82, 2.24) is 14.9 Å². The Hall–Kier alpha value is -2.86. The molecule has 0 aliphatic carbocycles.